The number of fused-ring (bicyclic) bond motifs is 1. The van der Waals surface area contributed by atoms with Crippen LogP contribution in [0.15, 0.2) is 47.1 Å². The van der Waals surface area contributed by atoms with Crippen molar-refractivity contribution in [1.29, 1.82) is 0 Å². The summed E-state index contributed by atoms with van der Waals surface area (Å²) < 4.78 is 20.9. The summed E-state index contributed by atoms with van der Waals surface area (Å²) in [5.74, 6) is -0.769. The van der Waals surface area contributed by atoms with Crippen molar-refractivity contribution in [3.63, 3.8) is 0 Å². The van der Waals surface area contributed by atoms with E-state index in [0.29, 0.717) is 46.5 Å². The summed E-state index contributed by atoms with van der Waals surface area (Å²) in [6.45, 7) is 4.81. The molecule has 1 amide bonds. The lowest BCUT2D eigenvalue weighted by Crippen LogP contribution is -2.51. The molecule has 0 aliphatic carbocycles. The van der Waals surface area contributed by atoms with Gasteiger partial charge in [0.1, 0.15) is 22.6 Å². The van der Waals surface area contributed by atoms with Crippen LogP contribution in [0.2, 0.25) is 5.02 Å². The predicted molar refractivity (Wildman–Crippen MR) is 127 cm³/mol. The number of nitrogens with one attached hydrogen (secondary N) is 1. The summed E-state index contributed by atoms with van der Waals surface area (Å²) >= 11 is 6.04. The van der Waals surface area contributed by atoms with Gasteiger partial charge in [-0.1, -0.05) is 18.5 Å². The van der Waals surface area contributed by atoms with Gasteiger partial charge in [-0.3, -0.25) is 4.79 Å². The highest BCUT2D eigenvalue weighted by molar-refractivity contribution is 6.31. The lowest BCUT2D eigenvalue weighted by molar-refractivity contribution is 0.0534. The van der Waals surface area contributed by atoms with Crippen molar-refractivity contribution in [3.05, 3.63) is 64.7 Å². The molecule has 2 aromatic carbocycles. The van der Waals surface area contributed by atoms with E-state index in [1.54, 1.807) is 36.1 Å². The Labute approximate surface area is 200 Å². The number of hydrogen-bond acceptors (Lipinski definition) is 6. The predicted octanol–water partition coefficient (Wildman–Crippen LogP) is 4.86. The number of carbonyl (C=O) groups excluding carboxylic acids is 1. The van der Waals surface area contributed by atoms with E-state index in [1.807, 2.05) is 0 Å². The fourth-order valence-electron chi connectivity index (χ4n) is 4.56. The Hall–Kier alpha value is -3.46. The van der Waals surface area contributed by atoms with Gasteiger partial charge in [0.15, 0.2) is 5.58 Å². The molecule has 2 atom stereocenters. The van der Waals surface area contributed by atoms with Crippen LogP contribution in [0, 0.1) is 18.7 Å². The number of amides is 1. The molecular weight excluding hydrogens is 459 g/mol. The Bertz CT molecular complexity index is 1340. The number of halogens is 2. The molecule has 1 aliphatic rings. The normalized spacial score (nSPS) is 18.4. The largest absolute Gasteiger partial charge is 0.424 e. The second kappa shape index (κ2) is 9.06. The zero-order valence-electron chi connectivity index (χ0n) is 18.8. The Morgan fingerprint density at radius 1 is 1.26 bits per heavy atom. The summed E-state index contributed by atoms with van der Waals surface area (Å²) in [4.78, 5) is 21.2. The molecule has 0 radical (unpaired) electrons. The number of aromatic nitrogens is 4. The summed E-state index contributed by atoms with van der Waals surface area (Å²) in [6.07, 6.45) is 4.80. The number of aryl methyl sites for hydroxylation is 1. The topological polar surface area (TPSA) is 89.1 Å². The highest BCUT2D eigenvalue weighted by Crippen LogP contribution is 2.29. The van der Waals surface area contributed by atoms with Crippen LogP contribution in [0.5, 0.6) is 0 Å². The Morgan fingerprint density at radius 2 is 2.06 bits per heavy atom. The van der Waals surface area contributed by atoms with E-state index in [2.05, 4.69) is 27.4 Å². The molecular formula is C24H24ClFN6O2. The molecule has 8 nitrogen and oxygen atoms in total. The number of likely N-dealkylation sites (tertiary alicyclic amines) is 1. The van der Waals surface area contributed by atoms with E-state index in [4.69, 9.17) is 16.0 Å². The maximum atomic E-state index is 15.2. The molecule has 5 rings (SSSR count). The third kappa shape index (κ3) is 4.23. The van der Waals surface area contributed by atoms with Crippen LogP contribution in [-0.2, 0) is 0 Å². The molecule has 1 saturated heterocycles. The molecule has 1 fully saturated rings. The molecule has 10 heteroatoms. The number of nitrogens with zero attached hydrogens (tertiary/aromatic N) is 5. The second-order valence-corrected chi connectivity index (χ2v) is 9.09. The Balaban J connectivity index is 1.43. The van der Waals surface area contributed by atoms with Gasteiger partial charge in [-0.25, -0.2) is 4.39 Å². The number of benzene rings is 2. The fraction of sp³-hybridized carbons (Fsp3) is 0.333. The average molecular weight is 483 g/mol. The van der Waals surface area contributed by atoms with Gasteiger partial charge in [-0.15, -0.1) is 0 Å². The van der Waals surface area contributed by atoms with Gasteiger partial charge < -0.3 is 14.6 Å². The molecule has 2 aromatic heterocycles. The van der Waals surface area contributed by atoms with Crippen LogP contribution in [0.25, 0.3) is 16.8 Å². The van der Waals surface area contributed by atoms with E-state index < -0.39 is 5.82 Å². The molecule has 176 valence electrons. The molecule has 0 bridgehead atoms. The van der Waals surface area contributed by atoms with Crippen molar-refractivity contribution in [2.75, 3.05) is 18.4 Å². The zero-order chi connectivity index (χ0) is 23.8. The van der Waals surface area contributed by atoms with Crippen LogP contribution in [-0.4, -0.2) is 49.9 Å². The first kappa shape index (κ1) is 22.3. The first-order valence-corrected chi connectivity index (χ1v) is 11.6. The van der Waals surface area contributed by atoms with E-state index >= 15 is 4.39 Å². The Kier molecular flexibility index (Phi) is 5.95. The van der Waals surface area contributed by atoms with E-state index in [9.17, 15) is 4.79 Å². The summed E-state index contributed by atoms with van der Waals surface area (Å²) in [5, 5.41) is 12.0. The fourth-order valence-corrected chi connectivity index (χ4v) is 4.72. The number of carbonyl (C=O) groups is 1. The number of oxazole rings is 1. The first-order chi connectivity index (χ1) is 16.4. The van der Waals surface area contributed by atoms with Crippen molar-refractivity contribution < 1.29 is 13.6 Å². The monoisotopic (exact) mass is 482 g/mol. The number of piperidine rings is 1. The minimum atomic E-state index is -0.585. The SMILES string of the molecule is Cc1cc(F)c(C(=O)N2CCCC(C)C2CNc2nc3ccc(Cl)cc3o2)c(-n2nccn2)c1. The van der Waals surface area contributed by atoms with Gasteiger partial charge >= 0.3 is 0 Å². The molecule has 3 heterocycles. The summed E-state index contributed by atoms with van der Waals surface area (Å²) in [7, 11) is 0. The van der Waals surface area contributed by atoms with Crippen molar-refractivity contribution in [3.8, 4) is 5.69 Å². The quantitative estimate of drug-likeness (QED) is 0.437. The molecule has 4 aromatic rings. The van der Waals surface area contributed by atoms with Gasteiger partial charge in [0.25, 0.3) is 11.9 Å². The maximum Gasteiger partial charge on any atom is 0.295 e. The van der Waals surface area contributed by atoms with Gasteiger partial charge in [-0.05, 0) is 55.5 Å². The third-order valence-corrected chi connectivity index (χ3v) is 6.49. The minimum Gasteiger partial charge on any atom is -0.424 e. The standard InChI is InChI=1S/C24H24ClFN6O2/c1-14-10-17(26)22(19(11-14)32-28-7-8-29-32)23(33)31-9-3-4-15(2)20(31)13-27-24-30-18-6-5-16(25)12-21(18)34-24/h5-8,10-12,15,20H,3-4,9,13H2,1-2H3,(H,27,30). The third-order valence-electron chi connectivity index (χ3n) is 6.25. The molecule has 2 unspecified atom stereocenters. The van der Waals surface area contributed by atoms with Crippen molar-refractivity contribution in [2.24, 2.45) is 5.92 Å². The smallest absolute Gasteiger partial charge is 0.295 e. The molecule has 0 saturated carbocycles. The number of hydrogen-bond donors (Lipinski definition) is 1. The summed E-state index contributed by atoms with van der Waals surface area (Å²) in [5.41, 5.74) is 2.25. The molecule has 0 spiro atoms. The van der Waals surface area contributed by atoms with Crippen molar-refractivity contribution >= 4 is 34.6 Å². The van der Waals surface area contributed by atoms with E-state index in [-0.39, 0.29) is 23.4 Å². The van der Waals surface area contributed by atoms with Crippen LogP contribution in [0.4, 0.5) is 10.4 Å². The molecule has 1 N–H and O–H groups in total. The average Bonchev–Trinajstić information content (AvgIpc) is 3.47. The highest BCUT2D eigenvalue weighted by atomic mass is 35.5. The lowest BCUT2D eigenvalue weighted by atomic mass is 9.90. The van der Waals surface area contributed by atoms with Crippen molar-refractivity contribution in [1.82, 2.24) is 24.9 Å². The maximum absolute atomic E-state index is 15.2. The van der Waals surface area contributed by atoms with Crippen LogP contribution >= 0.6 is 11.6 Å². The molecule has 1 aliphatic heterocycles. The van der Waals surface area contributed by atoms with Crippen LogP contribution in [0.1, 0.15) is 35.7 Å². The van der Waals surface area contributed by atoms with Crippen LogP contribution in [0.3, 0.4) is 0 Å². The zero-order valence-corrected chi connectivity index (χ0v) is 19.6. The summed E-state index contributed by atoms with van der Waals surface area (Å²) in [6, 6.07) is 8.51. The minimum absolute atomic E-state index is 0.0302. The van der Waals surface area contributed by atoms with E-state index in [1.165, 1.54) is 23.3 Å². The number of anilines is 1. The van der Waals surface area contributed by atoms with Gasteiger partial charge in [0, 0.05) is 24.2 Å². The highest BCUT2D eigenvalue weighted by Gasteiger charge is 2.35. The van der Waals surface area contributed by atoms with Gasteiger partial charge in [0.2, 0.25) is 0 Å². The molecule has 34 heavy (non-hydrogen) atoms. The van der Waals surface area contributed by atoms with Gasteiger partial charge in [-0.2, -0.15) is 20.0 Å². The van der Waals surface area contributed by atoms with Crippen LogP contribution < -0.4 is 5.32 Å². The Morgan fingerprint density at radius 3 is 2.85 bits per heavy atom. The lowest BCUT2D eigenvalue weighted by Gasteiger charge is -2.40. The van der Waals surface area contributed by atoms with Gasteiger partial charge in [0.05, 0.1) is 18.4 Å². The first-order valence-electron chi connectivity index (χ1n) is 11.2. The second-order valence-electron chi connectivity index (χ2n) is 8.66. The van der Waals surface area contributed by atoms with E-state index in [0.717, 1.165) is 12.8 Å². The van der Waals surface area contributed by atoms with Crippen molar-refractivity contribution in [2.45, 2.75) is 32.7 Å². The number of rotatable bonds is 5.